The van der Waals surface area contributed by atoms with E-state index in [4.69, 9.17) is 17.5 Å². The zero-order valence-electron chi connectivity index (χ0n) is 19.8. The maximum Gasteiger partial charge on any atom is 0.284 e. The molecular weight excluding hydrogens is 608 g/mol. The second-order valence-corrected chi connectivity index (χ2v) is 11.2. The summed E-state index contributed by atoms with van der Waals surface area (Å²) in [6.07, 6.45) is 0. The van der Waals surface area contributed by atoms with Gasteiger partial charge in [0.2, 0.25) is 10.4 Å². The quantitative estimate of drug-likeness (QED) is 0.0805. The van der Waals surface area contributed by atoms with Crippen molar-refractivity contribution in [2.45, 2.75) is 5.92 Å². The molecule has 0 bridgehead atoms. The number of non-ortho nitro benzene ring substituents is 2. The lowest BCUT2D eigenvalue weighted by molar-refractivity contribution is -0.395. The average Bonchev–Trinajstić information content (AvgIpc) is 3.49. The Bertz CT molecular complexity index is 1770. The van der Waals surface area contributed by atoms with Gasteiger partial charge in [0, 0.05) is 17.7 Å². The molecule has 0 spiro atoms. The zero-order chi connectivity index (χ0) is 30.2. The van der Waals surface area contributed by atoms with Gasteiger partial charge < -0.3 is 4.55 Å². The Morgan fingerprint density at radius 1 is 0.756 bits per heavy atom. The highest BCUT2D eigenvalue weighted by Crippen LogP contribution is 2.58. The summed E-state index contributed by atoms with van der Waals surface area (Å²) in [5.74, 6) is -0.903. The first kappa shape index (κ1) is 29.2. The Kier molecular flexibility index (Phi) is 7.81. The van der Waals surface area contributed by atoms with Crippen LogP contribution in [0.2, 0.25) is 0 Å². The molecule has 0 atom stereocenters. The molecular formula is C22H12N4O12S3. The smallest absolute Gasteiger partial charge is 0.284 e. The molecule has 4 aromatic rings. The molecule has 0 saturated carbocycles. The molecule has 1 N–H and O–H groups in total. The molecule has 19 heteroatoms. The second kappa shape index (κ2) is 11.0. The first-order chi connectivity index (χ1) is 19.2. The summed E-state index contributed by atoms with van der Waals surface area (Å²) in [5.41, 5.74) is -1.63. The summed E-state index contributed by atoms with van der Waals surface area (Å²) in [5, 5.41) is 48.9. The molecule has 41 heavy (non-hydrogen) atoms. The zero-order valence-corrected chi connectivity index (χ0v) is 22.3. The Morgan fingerprint density at radius 2 is 1.20 bits per heavy atom. The fourth-order valence-electron chi connectivity index (χ4n) is 4.31. The van der Waals surface area contributed by atoms with E-state index >= 15 is 0 Å². The second-order valence-electron chi connectivity index (χ2n) is 8.13. The third kappa shape index (κ3) is 6.02. The van der Waals surface area contributed by atoms with Crippen molar-refractivity contribution in [2.75, 3.05) is 0 Å². The summed E-state index contributed by atoms with van der Waals surface area (Å²) < 4.78 is 33.4. The minimum absolute atomic E-state index is 0.118. The number of rotatable bonds is 6. The predicted octanol–water partition coefficient (Wildman–Crippen LogP) is 5.56. The number of fused-ring (bicyclic) bond motifs is 3. The lowest BCUT2D eigenvalue weighted by atomic mass is 9.98. The van der Waals surface area contributed by atoms with Gasteiger partial charge in [-0.25, -0.2) is 8.42 Å². The number of nitro groups is 4. The van der Waals surface area contributed by atoms with E-state index in [1.807, 2.05) is 35.7 Å². The number of hydrogen-bond acceptors (Lipinski definition) is 12. The van der Waals surface area contributed by atoms with Crippen molar-refractivity contribution in [3.63, 3.8) is 0 Å². The summed E-state index contributed by atoms with van der Waals surface area (Å²) >= 11 is 2.57. The number of hydrogen-bond donors (Lipinski definition) is 1. The van der Waals surface area contributed by atoms with E-state index in [0.29, 0.717) is 4.19 Å². The Morgan fingerprint density at radius 3 is 1.59 bits per heavy atom. The van der Waals surface area contributed by atoms with Gasteiger partial charge in [-0.05, 0) is 11.1 Å². The van der Waals surface area contributed by atoms with E-state index < -0.39 is 58.8 Å². The first-order valence-electron chi connectivity index (χ1n) is 10.8. The molecule has 0 aliphatic heterocycles. The molecule has 0 saturated heterocycles. The topological polar surface area (TPSA) is 250 Å². The van der Waals surface area contributed by atoms with Crippen LogP contribution in [0.15, 0.2) is 60.0 Å². The van der Waals surface area contributed by atoms with E-state index in [0.717, 1.165) is 34.7 Å². The van der Waals surface area contributed by atoms with Crippen molar-refractivity contribution in [3.05, 3.63) is 116 Å². The van der Waals surface area contributed by atoms with Gasteiger partial charge >= 0.3 is 0 Å². The van der Waals surface area contributed by atoms with Gasteiger partial charge in [-0.1, -0.05) is 30.3 Å². The third-order valence-electron chi connectivity index (χ3n) is 5.74. The van der Waals surface area contributed by atoms with Gasteiger partial charge in [0.05, 0.1) is 71.5 Å². The van der Waals surface area contributed by atoms with E-state index in [1.54, 1.807) is 0 Å². The molecule has 5 rings (SSSR count). The molecule has 0 amide bonds. The van der Waals surface area contributed by atoms with Crippen LogP contribution >= 0.6 is 22.7 Å². The molecule has 0 radical (unpaired) electrons. The monoisotopic (exact) mass is 620 g/mol. The molecule has 16 nitrogen and oxygen atoms in total. The number of nitro benzene ring substituents is 4. The molecule has 210 valence electrons. The van der Waals surface area contributed by atoms with Crippen molar-refractivity contribution >= 4 is 55.8 Å². The normalized spacial score (nSPS) is 12.0. The molecule has 1 aromatic heterocycles. The summed E-state index contributed by atoms with van der Waals surface area (Å²) in [7, 11) is -4.92. The van der Waals surface area contributed by atoms with Crippen LogP contribution in [0.5, 0.6) is 0 Å². The van der Waals surface area contributed by atoms with Crippen molar-refractivity contribution in [1.29, 1.82) is 0 Å². The minimum Gasteiger partial charge on any atom is -0.726 e. The van der Waals surface area contributed by atoms with Gasteiger partial charge in [0.25, 0.3) is 26.9 Å². The Hall–Kier alpha value is -4.82. The fraction of sp³-hybridized carbons (Fsp3) is 0.0455. The highest BCUT2D eigenvalue weighted by molar-refractivity contribution is 7.79. The number of benzene rings is 3. The molecule has 0 fully saturated rings. The van der Waals surface area contributed by atoms with Crippen LogP contribution in [0.25, 0.3) is 21.6 Å². The van der Waals surface area contributed by atoms with E-state index in [-0.39, 0.29) is 22.3 Å². The van der Waals surface area contributed by atoms with Crippen LogP contribution < -0.4 is 0 Å². The molecule has 1 aliphatic rings. The minimum atomic E-state index is -4.92. The van der Waals surface area contributed by atoms with Gasteiger partial charge in [0.15, 0.2) is 4.88 Å². The molecule has 1 heterocycles. The Labute approximate surface area is 236 Å². The van der Waals surface area contributed by atoms with Gasteiger partial charge in [-0.15, -0.1) is 0 Å². The fourth-order valence-corrected chi connectivity index (χ4v) is 6.85. The molecule has 1 aliphatic carbocycles. The third-order valence-corrected chi connectivity index (χ3v) is 8.26. The molecule has 0 unspecified atom stereocenters. The van der Waals surface area contributed by atoms with Crippen molar-refractivity contribution in [1.82, 2.24) is 0 Å². The van der Waals surface area contributed by atoms with Crippen LogP contribution in [0, 0.1) is 40.5 Å². The SMILES string of the molecule is O=S(=O)([O-])O.O=[N+]([O-])c1cc2c(c([N+](=O)[O-])c1)-c1c(cc([N+](=O)[O-])cc1[N+](=O)[O-])C2c1sc(-c2ccccc2)c[s+]1. The lowest BCUT2D eigenvalue weighted by Gasteiger charge is -2.06. The summed E-state index contributed by atoms with van der Waals surface area (Å²) in [6, 6.07) is 13.1. The predicted molar refractivity (Wildman–Crippen MR) is 144 cm³/mol. The average molecular weight is 621 g/mol. The highest BCUT2D eigenvalue weighted by atomic mass is 32.3. The summed E-state index contributed by atoms with van der Waals surface area (Å²) in [4.78, 5) is 44.7. The van der Waals surface area contributed by atoms with E-state index in [1.165, 1.54) is 22.7 Å². The van der Waals surface area contributed by atoms with Gasteiger partial charge in [-0.3, -0.25) is 45.0 Å². The van der Waals surface area contributed by atoms with Crippen LogP contribution in [0.4, 0.5) is 22.7 Å². The highest BCUT2D eigenvalue weighted by Gasteiger charge is 2.46. The molecule has 3 aromatic carbocycles. The van der Waals surface area contributed by atoms with Gasteiger partial charge in [0.1, 0.15) is 5.38 Å². The van der Waals surface area contributed by atoms with Crippen molar-refractivity contribution in [3.8, 4) is 21.6 Å². The van der Waals surface area contributed by atoms with Gasteiger partial charge in [-0.2, -0.15) is 0 Å². The maximum absolute atomic E-state index is 11.9. The van der Waals surface area contributed by atoms with Crippen molar-refractivity contribution < 1.29 is 37.2 Å². The van der Waals surface area contributed by atoms with Crippen LogP contribution in [-0.2, 0) is 10.4 Å². The lowest BCUT2D eigenvalue weighted by Crippen LogP contribution is -2.00. The van der Waals surface area contributed by atoms with Crippen LogP contribution in [-0.4, -0.2) is 37.2 Å². The van der Waals surface area contributed by atoms with E-state index in [2.05, 4.69) is 0 Å². The van der Waals surface area contributed by atoms with Crippen LogP contribution in [0.3, 0.4) is 0 Å². The first-order valence-corrected chi connectivity index (χ1v) is 13.8. The largest absolute Gasteiger partial charge is 0.726 e. The van der Waals surface area contributed by atoms with Crippen LogP contribution in [0.1, 0.15) is 21.2 Å². The number of nitrogens with zero attached hydrogens (tertiary/aromatic N) is 4. The summed E-state index contributed by atoms with van der Waals surface area (Å²) in [6.45, 7) is 0. The standard InChI is InChI=1S/C22H11N4O8S2.H2O4S/c27-23(28)12-6-14-19(22-35-10-18(36-22)11-4-2-1-3-5-11)15-7-13(24(29)30)9-17(26(33)34)21(15)20(14)16(8-12)25(31)32;1-5(2,3)4/h1-10,19H;(H2,1,2,3,4)/q+1;/p-1. The Balaban J connectivity index is 0.000000714. The van der Waals surface area contributed by atoms with E-state index in [9.17, 15) is 40.5 Å². The van der Waals surface area contributed by atoms with Crippen molar-refractivity contribution in [2.24, 2.45) is 0 Å². The maximum atomic E-state index is 11.9.